The molecule has 0 heterocycles. The van der Waals surface area contributed by atoms with Gasteiger partial charge in [-0.05, 0) is 42.3 Å². The lowest BCUT2D eigenvalue weighted by molar-refractivity contribution is -0.147. The highest BCUT2D eigenvalue weighted by Crippen LogP contribution is 2.17. The molecule has 0 bridgehead atoms. The normalized spacial score (nSPS) is 11.6. The third kappa shape index (κ3) is 6.05. The Bertz CT molecular complexity index is 777. The molecular formula is C20H20O6. The number of rotatable bonds is 9. The zero-order valence-corrected chi connectivity index (χ0v) is 14.3. The molecular weight excluding hydrogens is 336 g/mol. The first-order valence-corrected chi connectivity index (χ1v) is 8.11. The van der Waals surface area contributed by atoms with Crippen molar-refractivity contribution in [2.45, 2.75) is 32.3 Å². The molecule has 136 valence electrons. The molecule has 0 saturated carbocycles. The maximum Gasteiger partial charge on any atom is 0.345 e. The number of aliphatic carboxylic acids is 1. The second-order valence-corrected chi connectivity index (χ2v) is 6.05. The zero-order chi connectivity index (χ0) is 19.1. The largest absolute Gasteiger partial charge is 0.508 e. The molecule has 0 aliphatic heterocycles. The molecule has 6 nitrogen and oxygen atoms in total. The fourth-order valence-electron chi connectivity index (χ4n) is 2.44. The van der Waals surface area contributed by atoms with E-state index in [1.54, 1.807) is 36.4 Å². The molecule has 0 saturated heterocycles. The lowest BCUT2D eigenvalue weighted by atomic mass is 10.0. The zero-order valence-electron chi connectivity index (χ0n) is 14.3. The standard InChI is InChI=1S/C20H20O6/c1-13(21)10-14-4-8-18(9-5-14)26-19(20(24)25)12-17(23)11-15-2-6-16(22)7-3-15/h2-9,19,22H,10-12H2,1H3,(H,24,25). The number of hydrogen-bond donors (Lipinski definition) is 2. The summed E-state index contributed by atoms with van der Waals surface area (Å²) in [4.78, 5) is 34.6. The summed E-state index contributed by atoms with van der Waals surface area (Å²) >= 11 is 0. The van der Waals surface area contributed by atoms with E-state index in [1.165, 1.54) is 19.1 Å². The maximum atomic E-state index is 12.1. The van der Waals surface area contributed by atoms with Crippen LogP contribution in [-0.2, 0) is 27.2 Å². The number of carbonyl (C=O) groups is 3. The maximum absolute atomic E-state index is 12.1. The van der Waals surface area contributed by atoms with Crippen molar-refractivity contribution in [1.29, 1.82) is 0 Å². The van der Waals surface area contributed by atoms with Gasteiger partial charge in [0.25, 0.3) is 0 Å². The van der Waals surface area contributed by atoms with Crippen molar-refractivity contribution in [3.8, 4) is 11.5 Å². The number of aromatic hydroxyl groups is 1. The van der Waals surface area contributed by atoms with Gasteiger partial charge in [0, 0.05) is 12.8 Å². The van der Waals surface area contributed by atoms with Crippen LogP contribution in [0, 0.1) is 0 Å². The summed E-state index contributed by atoms with van der Waals surface area (Å²) in [6, 6.07) is 12.7. The molecule has 0 aliphatic carbocycles. The molecule has 2 N–H and O–H groups in total. The number of ether oxygens (including phenoxy) is 1. The second-order valence-electron chi connectivity index (χ2n) is 6.05. The Balaban J connectivity index is 1.97. The Labute approximate surface area is 151 Å². The Morgan fingerprint density at radius 3 is 2.00 bits per heavy atom. The van der Waals surface area contributed by atoms with Gasteiger partial charge in [-0.2, -0.15) is 0 Å². The molecule has 6 heteroatoms. The molecule has 2 rings (SSSR count). The van der Waals surface area contributed by atoms with E-state index in [-0.39, 0.29) is 30.2 Å². The van der Waals surface area contributed by atoms with Crippen LogP contribution >= 0.6 is 0 Å². The predicted molar refractivity (Wildman–Crippen MR) is 94.3 cm³/mol. The molecule has 0 aliphatic rings. The fourth-order valence-corrected chi connectivity index (χ4v) is 2.44. The van der Waals surface area contributed by atoms with Crippen molar-refractivity contribution in [1.82, 2.24) is 0 Å². The minimum Gasteiger partial charge on any atom is -0.508 e. The van der Waals surface area contributed by atoms with Gasteiger partial charge in [0.15, 0.2) is 0 Å². The van der Waals surface area contributed by atoms with Crippen LogP contribution in [0.4, 0.5) is 0 Å². The molecule has 2 aromatic carbocycles. The Morgan fingerprint density at radius 1 is 0.923 bits per heavy atom. The van der Waals surface area contributed by atoms with E-state index in [0.717, 1.165) is 5.56 Å². The van der Waals surface area contributed by atoms with Gasteiger partial charge in [0.1, 0.15) is 23.1 Å². The van der Waals surface area contributed by atoms with Crippen LogP contribution in [-0.4, -0.2) is 33.9 Å². The van der Waals surface area contributed by atoms with Gasteiger partial charge in [-0.25, -0.2) is 4.79 Å². The van der Waals surface area contributed by atoms with E-state index in [9.17, 15) is 24.6 Å². The number of carboxylic acids is 1. The summed E-state index contributed by atoms with van der Waals surface area (Å²) < 4.78 is 5.42. The van der Waals surface area contributed by atoms with Crippen LogP contribution in [0.3, 0.4) is 0 Å². The van der Waals surface area contributed by atoms with Crippen LogP contribution < -0.4 is 4.74 Å². The third-order valence-corrected chi connectivity index (χ3v) is 3.68. The molecule has 26 heavy (non-hydrogen) atoms. The van der Waals surface area contributed by atoms with Gasteiger partial charge < -0.3 is 14.9 Å². The molecule has 0 aromatic heterocycles. The third-order valence-electron chi connectivity index (χ3n) is 3.68. The summed E-state index contributed by atoms with van der Waals surface area (Å²) in [6.45, 7) is 1.49. The van der Waals surface area contributed by atoms with Crippen LogP contribution in [0.5, 0.6) is 11.5 Å². The molecule has 1 atom stereocenters. The topological polar surface area (TPSA) is 101 Å². The molecule has 0 amide bonds. The van der Waals surface area contributed by atoms with Gasteiger partial charge in [-0.1, -0.05) is 24.3 Å². The van der Waals surface area contributed by atoms with Gasteiger partial charge in [0.05, 0.1) is 6.42 Å². The van der Waals surface area contributed by atoms with E-state index >= 15 is 0 Å². The highest BCUT2D eigenvalue weighted by atomic mass is 16.5. The highest BCUT2D eigenvalue weighted by molar-refractivity contribution is 5.86. The minimum atomic E-state index is -1.29. The Kier molecular flexibility index (Phi) is 6.49. The summed E-state index contributed by atoms with van der Waals surface area (Å²) in [7, 11) is 0. The van der Waals surface area contributed by atoms with Crippen LogP contribution in [0.1, 0.15) is 24.5 Å². The van der Waals surface area contributed by atoms with Gasteiger partial charge in [-0.3, -0.25) is 9.59 Å². The van der Waals surface area contributed by atoms with Gasteiger partial charge in [0.2, 0.25) is 6.10 Å². The van der Waals surface area contributed by atoms with E-state index < -0.39 is 12.1 Å². The minimum absolute atomic E-state index is 0.0295. The van der Waals surface area contributed by atoms with Crippen molar-refractivity contribution in [3.05, 3.63) is 59.7 Å². The summed E-state index contributed by atoms with van der Waals surface area (Å²) in [6.07, 6.45) is -1.21. The number of carboxylic acid groups (broad SMARTS) is 1. The van der Waals surface area contributed by atoms with E-state index in [1.807, 2.05) is 0 Å². The lowest BCUT2D eigenvalue weighted by Crippen LogP contribution is -2.30. The van der Waals surface area contributed by atoms with Crippen LogP contribution in [0.15, 0.2) is 48.5 Å². The van der Waals surface area contributed by atoms with Crippen LogP contribution in [0.2, 0.25) is 0 Å². The molecule has 0 fully saturated rings. The van der Waals surface area contributed by atoms with Crippen molar-refractivity contribution in [2.24, 2.45) is 0 Å². The average molecular weight is 356 g/mol. The average Bonchev–Trinajstić information content (AvgIpc) is 2.57. The Hall–Kier alpha value is -3.15. The van der Waals surface area contributed by atoms with E-state index in [4.69, 9.17) is 4.74 Å². The van der Waals surface area contributed by atoms with Crippen molar-refractivity contribution in [2.75, 3.05) is 0 Å². The van der Waals surface area contributed by atoms with Gasteiger partial charge >= 0.3 is 5.97 Å². The number of Topliss-reactive ketones (excluding diaryl/α,β-unsaturated/α-hetero) is 2. The Morgan fingerprint density at radius 2 is 1.46 bits per heavy atom. The number of hydrogen-bond acceptors (Lipinski definition) is 5. The highest BCUT2D eigenvalue weighted by Gasteiger charge is 2.23. The SMILES string of the molecule is CC(=O)Cc1ccc(OC(CC(=O)Cc2ccc(O)cc2)C(=O)O)cc1. The van der Waals surface area contributed by atoms with Crippen LogP contribution in [0.25, 0.3) is 0 Å². The molecule has 1 unspecified atom stereocenters. The van der Waals surface area contributed by atoms with Crippen molar-refractivity contribution in [3.63, 3.8) is 0 Å². The van der Waals surface area contributed by atoms with Crippen molar-refractivity contribution < 1.29 is 29.3 Å². The number of phenols is 1. The first-order valence-electron chi connectivity index (χ1n) is 8.11. The fraction of sp³-hybridized carbons (Fsp3) is 0.250. The predicted octanol–water partition coefficient (Wildman–Crippen LogP) is 2.56. The molecule has 2 aromatic rings. The number of carbonyl (C=O) groups excluding carboxylic acids is 2. The molecule has 0 radical (unpaired) electrons. The van der Waals surface area contributed by atoms with E-state index in [2.05, 4.69) is 0 Å². The first-order chi connectivity index (χ1) is 12.3. The summed E-state index contributed by atoms with van der Waals surface area (Å²) in [5.41, 5.74) is 1.49. The van der Waals surface area contributed by atoms with Crippen molar-refractivity contribution >= 4 is 17.5 Å². The quantitative estimate of drug-likeness (QED) is 0.716. The monoisotopic (exact) mass is 356 g/mol. The number of benzene rings is 2. The number of phenolic OH excluding ortho intramolecular Hbond substituents is 1. The van der Waals surface area contributed by atoms with Gasteiger partial charge in [-0.15, -0.1) is 0 Å². The second kappa shape index (κ2) is 8.80. The van der Waals surface area contributed by atoms with E-state index in [0.29, 0.717) is 17.7 Å². The smallest absolute Gasteiger partial charge is 0.345 e. The molecule has 0 spiro atoms. The lowest BCUT2D eigenvalue weighted by Gasteiger charge is -2.15. The summed E-state index contributed by atoms with van der Waals surface area (Å²) in [5, 5.41) is 18.5. The number of ketones is 2. The summed E-state index contributed by atoms with van der Waals surface area (Å²) in [5.74, 6) is -1.06. The first kappa shape index (κ1) is 19.2.